The van der Waals surface area contributed by atoms with Gasteiger partial charge in [0.2, 0.25) is 0 Å². The van der Waals surface area contributed by atoms with Gasteiger partial charge in [-0.3, -0.25) is 0 Å². The molecule has 1 aliphatic rings. The molecule has 0 unspecified atom stereocenters. The lowest BCUT2D eigenvalue weighted by Crippen LogP contribution is -2.23. The standard InChI is InChI=1S/C9H16N4O/c1-2-3-4-5-11-9(14)13-8-6-10-7-12-8/h7H,2-6H2,1H3,(H2,10,11,12,13,14). The Morgan fingerprint density at radius 3 is 3.21 bits per heavy atom. The number of hydrogen-bond donors (Lipinski definition) is 2. The predicted octanol–water partition coefficient (Wildman–Crippen LogP) is 0.916. The average Bonchev–Trinajstić information content (AvgIpc) is 2.65. The van der Waals surface area contributed by atoms with Crippen LogP contribution in [0.1, 0.15) is 26.2 Å². The third kappa shape index (κ3) is 4.02. The van der Waals surface area contributed by atoms with Gasteiger partial charge in [0.15, 0.2) is 5.84 Å². The highest BCUT2D eigenvalue weighted by Gasteiger charge is 2.04. The summed E-state index contributed by atoms with van der Waals surface area (Å²) in [6.45, 7) is 3.37. The summed E-state index contributed by atoms with van der Waals surface area (Å²) in [5, 5.41) is 5.57. The van der Waals surface area contributed by atoms with Crippen LogP contribution in [0.15, 0.2) is 9.98 Å². The van der Waals surface area contributed by atoms with Crippen LogP contribution in [-0.4, -0.2) is 31.3 Å². The summed E-state index contributed by atoms with van der Waals surface area (Å²) in [5.74, 6) is 0.540. The van der Waals surface area contributed by atoms with E-state index in [-0.39, 0.29) is 6.03 Å². The zero-order chi connectivity index (χ0) is 10.2. The summed E-state index contributed by atoms with van der Waals surface area (Å²) in [7, 11) is 0. The highest BCUT2D eigenvalue weighted by atomic mass is 16.2. The molecule has 0 aliphatic carbocycles. The first-order valence-electron chi connectivity index (χ1n) is 4.94. The van der Waals surface area contributed by atoms with Gasteiger partial charge in [0.25, 0.3) is 0 Å². The molecular weight excluding hydrogens is 180 g/mol. The second kappa shape index (κ2) is 6.12. The van der Waals surface area contributed by atoms with Crippen LogP contribution in [0.2, 0.25) is 0 Å². The molecule has 2 N–H and O–H groups in total. The highest BCUT2D eigenvalue weighted by molar-refractivity contribution is 6.01. The van der Waals surface area contributed by atoms with Gasteiger partial charge in [-0.05, 0) is 6.42 Å². The van der Waals surface area contributed by atoms with Crippen molar-refractivity contribution in [1.82, 2.24) is 10.6 Å². The number of nitrogens with one attached hydrogen (secondary N) is 2. The monoisotopic (exact) mass is 196 g/mol. The molecule has 5 nitrogen and oxygen atoms in total. The zero-order valence-electron chi connectivity index (χ0n) is 8.42. The molecule has 0 aromatic heterocycles. The zero-order valence-corrected chi connectivity index (χ0v) is 8.42. The molecule has 5 heteroatoms. The van der Waals surface area contributed by atoms with Gasteiger partial charge in [-0.1, -0.05) is 19.8 Å². The highest BCUT2D eigenvalue weighted by Crippen LogP contribution is 1.92. The molecule has 0 bridgehead atoms. The van der Waals surface area contributed by atoms with Gasteiger partial charge < -0.3 is 10.6 Å². The molecule has 1 rings (SSSR count). The second-order valence-corrected chi connectivity index (χ2v) is 3.11. The van der Waals surface area contributed by atoms with Crippen LogP contribution < -0.4 is 10.6 Å². The number of carbonyl (C=O) groups is 1. The number of unbranched alkanes of at least 4 members (excludes halogenated alkanes) is 2. The van der Waals surface area contributed by atoms with Crippen LogP contribution >= 0.6 is 0 Å². The van der Waals surface area contributed by atoms with E-state index in [4.69, 9.17) is 0 Å². The lowest BCUT2D eigenvalue weighted by Gasteiger charge is -2.00. The van der Waals surface area contributed by atoms with Crippen molar-refractivity contribution in [3.05, 3.63) is 0 Å². The number of nitrogens with zero attached hydrogens (tertiary/aromatic N) is 2. The van der Waals surface area contributed by atoms with Gasteiger partial charge in [0, 0.05) is 6.54 Å². The normalized spacial score (nSPS) is 17.1. The molecule has 1 aliphatic heterocycles. The Kier molecular flexibility index (Phi) is 4.68. The van der Waals surface area contributed by atoms with E-state index in [0.717, 1.165) is 19.3 Å². The van der Waals surface area contributed by atoms with Crippen LogP contribution in [0, 0.1) is 0 Å². The van der Waals surface area contributed by atoms with E-state index in [0.29, 0.717) is 18.9 Å². The number of hydrogen-bond acceptors (Lipinski definition) is 2. The molecule has 0 atom stereocenters. The summed E-state index contributed by atoms with van der Waals surface area (Å²) < 4.78 is 0. The van der Waals surface area contributed by atoms with E-state index in [9.17, 15) is 4.79 Å². The van der Waals surface area contributed by atoms with Crippen molar-refractivity contribution in [3.63, 3.8) is 0 Å². The van der Waals surface area contributed by atoms with Crippen molar-refractivity contribution in [2.24, 2.45) is 9.98 Å². The molecular formula is C9H16N4O. The molecule has 2 amide bonds. The Morgan fingerprint density at radius 2 is 2.57 bits per heavy atom. The number of amidine groups is 1. The first kappa shape index (κ1) is 10.7. The van der Waals surface area contributed by atoms with Gasteiger partial charge in [0.05, 0.1) is 12.9 Å². The lowest BCUT2D eigenvalue weighted by atomic mass is 10.2. The number of amides is 2. The molecule has 0 aromatic rings. The fourth-order valence-corrected chi connectivity index (χ4v) is 1.10. The largest absolute Gasteiger partial charge is 0.369 e. The van der Waals surface area contributed by atoms with Crippen molar-refractivity contribution in [2.75, 3.05) is 13.1 Å². The Morgan fingerprint density at radius 1 is 1.71 bits per heavy atom. The molecule has 78 valence electrons. The molecule has 1 heterocycles. The van der Waals surface area contributed by atoms with Gasteiger partial charge in [-0.2, -0.15) is 4.99 Å². The lowest BCUT2D eigenvalue weighted by molar-refractivity contribution is 0.249. The minimum absolute atomic E-state index is 0.294. The smallest absolute Gasteiger partial charge is 0.342 e. The van der Waals surface area contributed by atoms with Crippen LogP contribution in [0.25, 0.3) is 0 Å². The topological polar surface area (TPSA) is 65.8 Å². The Bertz CT molecular complexity index is 247. The first-order valence-corrected chi connectivity index (χ1v) is 4.94. The second-order valence-electron chi connectivity index (χ2n) is 3.11. The van der Waals surface area contributed by atoms with E-state index in [1.54, 1.807) is 6.34 Å². The van der Waals surface area contributed by atoms with E-state index < -0.39 is 0 Å². The molecule has 0 saturated heterocycles. The number of carbonyl (C=O) groups excluding carboxylic acids is 1. The average molecular weight is 196 g/mol. The van der Waals surface area contributed by atoms with E-state index in [1.165, 1.54) is 0 Å². The van der Waals surface area contributed by atoms with Crippen molar-refractivity contribution < 1.29 is 4.79 Å². The summed E-state index contributed by atoms with van der Waals surface area (Å²) >= 11 is 0. The number of rotatable bonds is 4. The van der Waals surface area contributed by atoms with E-state index >= 15 is 0 Å². The van der Waals surface area contributed by atoms with Crippen LogP contribution in [0.3, 0.4) is 0 Å². The molecule has 0 radical (unpaired) electrons. The fraction of sp³-hybridized carbons (Fsp3) is 0.667. The Labute approximate surface area is 83.7 Å². The van der Waals surface area contributed by atoms with Crippen molar-refractivity contribution in [2.45, 2.75) is 26.2 Å². The van der Waals surface area contributed by atoms with Gasteiger partial charge in [-0.15, -0.1) is 0 Å². The molecule has 14 heavy (non-hydrogen) atoms. The Hall–Kier alpha value is -1.39. The van der Waals surface area contributed by atoms with Crippen LogP contribution in [-0.2, 0) is 0 Å². The van der Waals surface area contributed by atoms with Crippen molar-refractivity contribution in [1.29, 1.82) is 0 Å². The summed E-state index contributed by atoms with van der Waals surface area (Å²) in [5.41, 5.74) is 0. The molecule has 0 fully saturated rings. The maximum Gasteiger partial charge on any atom is 0.342 e. The number of aliphatic imine (C=N–C) groups is 2. The summed E-state index contributed by atoms with van der Waals surface area (Å²) in [4.78, 5) is 18.8. The third-order valence-electron chi connectivity index (χ3n) is 1.85. The van der Waals surface area contributed by atoms with E-state index in [1.807, 2.05) is 0 Å². The molecule has 0 aromatic carbocycles. The summed E-state index contributed by atoms with van der Waals surface area (Å²) in [6.07, 6.45) is 4.84. The van der Waals surface area contributed by atoms with Crippen molar-refractivity contribution in [3.8, 4) is 0 Å². The van der Waals surface area contributed by atoms with Gasteiger partial charge >= 0.3 is 6.03 Å². The van der Waals surface area contributed by atoms with Gasteiger partial charge in [0.1, 0.15) is 0 Å². The van der Waals surface area contributed by atoms with Crippen LogP contribution in [0.5, 0.6) is 0 Å². The molecule has 0 spiro atoms. The van der Waals surface area contributed by atoms with Crippen molar-refractivity contribution >= 4 is 18.2 Å². The summed E-state index contributed by atoms with van der Waals surface area (Å²) in [6, 6.07) is -0.294. The quantitative estimate of drug-likeness (QED) is 0.656. The minimum atomic E-state index is -0.294. The SMILES string of the molecule is CCCCCNC(=O)N=C1CNC=N1. The number of urea groups is 1. The third-order valence-corrected chi connectivity index (χ3v) is 1.85. The minimum Gasteiger partial charge on any atom is -0.369 e. The first-order chi connectivity index (χ1) is 6.83. The fourth-order valence-electron chi connectivity index (χ4n) is 1.10. The van der Waals surface area contributed by atoms with E-state index in [2.05, 4.69) is 27.5 Å². The molecule has 0 saturated carbocycles. The van der Waals surface area contributed by atoms with Gasteiger partial charge in [-0.25, -0.2) is 9.79 Å². The predicted molar refractivity (Wildman–Crippen MR) is 56.9 cm³/mol. The van der Waals surface area contributed by atoms with Crippen LogP contribution in [0.4, 0.5) is 4.79 Å². The maximum atomic E-state index is 11.2. The Balaban J connectivity index is 2.15. The maximum absolute atomic E-state index is 11.2.